The van der Waals surface area contributed by atoms with Gasteiger partial charge in [-0.2, -0.15) is 0 Å². The third kappa shape index (κ3) is 3.92. The first-order valence-electron chi connectivity index (χ1n) is 9.15. The van der Waals surface area contributed by atoms with Crippen LogP contribution in [-0.2, 0) is 0 Å². The highest BCUT2D eigenvalue weighted by Crippen LogP contribution is 2.31. The standard InChI is InChI=1S/C18H23ClFN7/c1-21-27-12-4-2-3-11(6-12)25-18-15(20)9-24-17(26-18)14-8-23-16-13(14)5-10(19)7-22-16/h5,7-9,11-12,16,21-23,27H,2-4,6H2,1H3,(H,24,25,26). The van der Waals surface area contributed by atoms with Crippen LogP contribution in [0.2, 0.25) is 0 Å². The van der Waals surface area contributed by atoms with Crippen molar-refractivity contribution in [2.75, 3.05) is 12.4 Å². The molecule has 0 bridgehead atoms. The average molecular weight is 392 g/mol. The summed E-state index contributed by atoms with van der Waals surface area (Å²) in [6.07, 6.45) is 10.7. The van der Waals surface area contributed by atoms with E-state index in [2.05, 4.69) is 36.8 Å². The van der Waals surface area contributed by atoms with Gasteiger partial charge in [-0.15, -0.1) is 0 Å². The molecule has 1 aromatic heterocycles. The van der Waals surface area contributed by atoms with Gasteiger partial charge in [-0.3, -0.25) is 10.9 Å². The first-order valence-corrected chi connectivity index (χ1v) is 9.53. The van der Waals surface area contributed by atoms with E-state index < -0.39 is 5.82 Å². The number of hydrogen-bond acceptors (Lipinski definition) is 7. The van der Waals surface area contributed by atoms with Crippen molar-refractivity contribution >= 4 is 23.0 Å². The molecule has 0 amide bonds. The lowest BCUT2D eigenvalue weighted by Crippen LogP contribution is -2.44. The number of nitrogens with zero attached hydrogens (tertiary/aromatic N) is 2. The van der Waals surface area contributed by atoms with Crippen molar-refractivity contribution in [3.8, 4) is 0 Å². The van der Waals surface area contributed by atoms with E-state index in [-0.39, 0.29) is 18.0 Å². The fourth-order valence-electron chi connectivity index (χ4n) is 3.79. The lowest BCUT2D eigenvalue weighted by molar-refractivity contribution is 0.329. The lowest BCUT2D eigenvalue weighted by Gasteiger charge is -2.30. The molecule has 1 saturated carbocycles. The Balaban J connectivity index is 1.53. The molecule has 3 unspecified atom stereocenters. The number of fused-ring (bicyclic) bond motifs is 1. The zero-order valence-electron chi connectivity index (χ0n) is 15.0. The summed E-state index contributed by atoms with van der Waals surface area (Å²) in [6, 6.07) is 0.527. The molecule has 3 atom stereocenters. The fraction of sp³-hybridized carbons (Fsp3) is 0.444. The van der Waals surface area contributed by atoms with Crippen LogP contribution in [0.15, 0.2) is 35.3 Å². The van der Waals surface area contributed by atoms with Gasteiger partial charge in [-0.05, 0) is 38.8 Å². The highest BCUT2D eigenvalue weighted by molar-refractivity contribution is 6.31. The number of halogens is 2. The maximum Gasteiger partial charge on any atom is 0.183 e. The van der Waals surface area contributed by atoms with E-state index in [9.17, 15) is 4.39 Å². The predicted molar refractivity (Wildman–Crippen MR) is 104 cm³/mol. The summed E-state index contributed by atoms with van der Waals surface area (Å²) >= 11 is 6.10. The van der Waals surface area contributed by atoms with E-state index >= 15 is 0 Å². The summed E-state index contributed by atoms with van der Waals surface area (Å²) < 4.78 is 14.3. The van der Waals surface area contributed by atoms with E-state index in [4.69, 9.17) is 11.6 Å². The number of allylic oxidation sites excluding steroid dienone is 2. The Kier molecular flexibility index (Phi) is 5.29. The molecule has 1 fully saturated rings. The Labute approximate surface area is 162 Å². The Morgan fingerprint density at radius 2 is 2.04 bits per heavy atom. The monoisotopic (exact) mass is 391 g/mol. The largest absolute Gasteiger partial charge is 0.367 e. The van der Waals surface area contributed by atoms with Crippen molar-refractivity contribution in [1.29, 1.82) is 0 Å². The molecule has 4 rings (SSSR count). The van der Waals surface area contributed by atoms with Crippen LogP contribution in [0.5, 0.6) is 0 Å². The molecule has 5 N–H and O–H groups in total. The SMILES string of the molecule is CNNC1CCCC(Nc2nc(C3=CNC4NC=C(Cl)C=C34)ncc2F)C1. The second-order valence-corrected chi connectivity index (χ2v) is 7.38. The topological polar surface area (TPSA) is 85.9 Å². The van der Waals surface area contributed by atoms with Crippen LogP contribution in [-0.4, -0.2) is 35.3 Å². The normalized spacial score (nSPS) is 26.9. The smallest absolute Gasteiger partial charge is 0.183 e. The van der Waals surface area contributed by atoms with Crippen LogP contribution in [0.3, 0.4) is 0 Å². The summed E-state index contributed by atoms with van der Waals surface area (Å²) in [6.45, 7) is 0. The first-order chi connectivity index (χ1) is 13.1. The number of dihydropyridines is 1. The van der Waals surface area contributed by atoms with Crippen molar-refractivity contribution < 1.29 is 4.39 Å². The molecule has 7 nitrogen and oxygen atoms in total. The second-order valence-electron chi connectivity index (χ2n) is 6.94. The summed E-state index contributed by atoms with van der Waals surface area (Å²) in [4.78, 5) is 8.65. The van der Waals surface area contributed by atoms with Gasteiger partial charge in [0, 0.05) is 35.6 Å². The van der Waals surface area contributed by atoms with Crippen molar-refractivity contribution in [2.45, 2.75) is 43.9 Å². The molecule has 3 heterocycles. The van der Waals surface area contributed by atoms with Crippen molar-refractivity contribution in [3.05, 3.63) is 46.9 Å². The van der Waals surface area contributed by atoms with E-state index in [0.29, 0.717) is 16.9 Å². The molecule has 1 aromatic rings. The molecular weight excluding hydrogens is 369 g/mol. The van der Waals surface area contributed by atoms with Gasteiger partial charge in [0.15, 0.2) is 17.5 Å². The van der Waals surface area contributed by atoms with E-state index in [1.54, 1.807) is 6.20 Å². The molecule has 27 heavy (non-hydrogen) atoms. The van der Waals surface area contributed by atoms with Gasteiger partial charge in [-0.25, -0.2) is 14.4 Å². The van der Waals surface area contributed by atoms with E-state index in [0.717, 1.165) is 36.8 Å². The van der Waals surface area contributed by atoms with Crippen LogP contribution in [0.4, 0.5) is 10.2 Å². The summed E-state index contributed by atoms with van der Waals surface area (Å²) in [5.74, 6) is 0.263. The summed E-state index contributed by atoms with van der Waals surface area (Å²) in [5.41, 5.74) is 7.98. The number of anilines is 1. The summed E-state index contributed by atoms with van der Waals surface area (Å²) in [7, 11) is 1.86. The molecule has 0 spiro atoms. The van der Waals surface area contributed by atoms with Crippen molar-refractivity contribution in [3.63, 3.8) is 0 Å². The van der Waals surface area contributed by atoms with Crippen LogP contribution < -0.4 is 26.8 Å². The van der Waals surface area contributed by atoms with Crippen LogP contribution >= 0.6 is 11.6 Å². The van der Waals surface area contributed by atoms with Crippen molar-refractivity contribution in [2.24, 2.45) is 0 Å². The number of hydrogen-bond donors (Lipinski definition) is 5. The highest BCUT2D eigenvalue weighted by atomic mass is 35.5. The maximum atomic E-state index is 14.3. The Hall–Kier alpha value is -2.16. The second kappa shape index (κ2) is 7.84. The molecular formula is C18H23ClFN7. The number of hydrazine groups is 1. The quantitative estimate of drug-likeness (QED) is 0.490. The maximum absolute atomic E-state index is 14.3. The van der Waals surface area contributed by atoms with Gasteiger partial charge in [0.05, 0.1) is 11.2 Å². The van der Waals surface area contributed by atoms with Gasteiger partial charge in [-0.1, -0.05) is 11.6 Å². The average Bonchev–Trinajstić information content (AvgIpc) is 3.07. The van der Waals surface area contributed by atoms with Gasteiger partial charge in [0.25, 0.3) is 0 Å². The zero-order valence-corrected chi connectivity index (χ0v) is 15.8. The Morgan fingerprint density at radius 1 is 1.22 bits per heavy atom. The minimum Gasteiger partial charge on any atom is -0.367 e. The van der Waals surface area contributed by atoms with Gasteiger partial charge < -0.3 is 16.0 Å². The number of rotatable bonds is 5. The predicted octanol–water partition coefficient (Wildman–Crippen LogP) is 1.94. The molecule has 9 heteroatoms. The van der Waals surface area contributed by atoms with E-state index in [1.165, 1.54) is 6.20 Å². The minimum atomic E-state index is -0.445. The number of nitrogens with one attached hydrogen (secondary N) is 5. The zero-order chi connectivity index (χ0) is 18.8. The Bertz CT molecular complexity index is 805. The van der Waals surface area contributed by atoms with E-state index in [1.807, 2.05) is 19.3 Å². The minimum absolute atomic E-state index is 0.0701. The Morgan fingerprint density at radius 3 is 2.89 bits per heavy atom. The van der Waals surface area contributed by atoms with Crippen LogP contribution in [0.25, 0.3) is 5.57 Å². The van der Waals surface area contributed by atoms with Crippen LogP contribution in [0.1, 0.15) is 31.5 Å². The van der Waals surface area contributed by atoms with Gasteiger partial charge >= 0.3 is 0 Å². The van der Waals surface area contributed by atoms with Gasteiger partial charge in [0.2, 0.25) is 0 Å². The van der Waals surface area contributed by atoms with Gasteiger partial charge in [0.1, 0.15) is 6.17 Å². The highest BCUT2D eigenvalue weighted by Gasteiger charge is 2.28. The molecule has 2 aliphatic heterocycles. The summed E-state index contributed by atoms with van der Waals surface area (Å²) in [5, 5.41) is 10.2. The molecule has 0 aromatic carbocycles. The van der Waals surface area contributed by atoms with Crippen LogP contribution in [0, 0.1) is 5.82 Å². The number of aromatic nitrogens is 2. The molecule has 0 saturated heterocycles. The molecule has 3 aliphatic rings. The molecule has 1 aliphatic carbocycles. The molecule has 144 valence electrons. The third-order valence-corrected chi connectivity index (χ3v) is 5.26. The third-order valence-electron chi connectivity index (χ3n) is 5.05. The first kappa shape index (κ1) is 18.2. The lowest BCUT2D eigenvalue weighted by atomic mass is 9.91. The molecule has 0 radical (unpaired) electrons. The van der Waals surface area contributed by atoms with Crippen molar-refractivity contribution in [1.82, 2.24) is 31.5 Å². The fourth-order valence-corrected chi connectivity index (χ4v) is 3.97.